The van der Waals surface area contributed by atoms with Crippen molar-refractivity contribution < 1.29 is 19.7 Å². The molecule has 0 spiro atoms. The molecule has 1 saturated carbocycles. The number of rotatable bonds is 5. The number of likely N-dealkylation sites (tertiary alicyclic amines) is 1. The van der Waals surface area contributed by atoms with Crippen molar-refractivity contribution in [2.75, 3.05) is 19.6 Å². The summed E-state index contributed by atoms with van der Waals surface area (Å²) in [6.45, 7) is 2.24. The maximum absolute atomic E-state index is 13.9. The summed E-state index contributed by atoms with van der Waals surface area (Å²) >= 11 is 0. The molecule has 3 N–H and O–H groups in total. The molecule has 0 radical (unpaired) electrons. The number of phenols is 1. The molecule has 1 aliphatic heterocycles. The lowest BCUT2D eigenvalue weighted by Crippen LogP contribution is -2.33. The first-order chi connectivity index (χ1) is 12.9. The molecule has 144 valence electrons. The van der Waals surface area contributed by atoms with Crippen LogP contribution in [0.5, 0.6) is 5.75 Å². The molecule has 2 aliphatic rings. The van der Waals surface area contributed by atoms with Crippen LogP contribution >= 0.6 is 0 Å². The molecule has 0 amide bonds. The van der Waals surface area contributed by atoms with Crippen molar-refractivity contribution in [3.63, 3.8) is 0 Å². The second kappa shape index (κ2) is 7.23. The van der Waals surface area contributed by atoms with E-state index in [0.717, 1.165) is 18.7 Å². The Morgan fingerprint density at radius 1 is 1.04 bits per heavy atom. The largest absolute Gasteiger partial charge is 0.508 e. The Morgan fingerprint density at radius 3 is 2.30 bits per heavy atom. The van der Waals surface area contributed by atoms with Gasteiger partial charge in [0.05, 0.1) is 11.7 Å². The molecule has 2 aromatic carbocycles. The van der Waals surface area contributed by atoms with E-state index in [0.29, 0.717) is 43.2 Å². The molecule has 2 aromatic rings. The summed E-state index contributed by atoms with van der Waals surface area (Å²) < 4.78 is 13.9. The van der Waals surface area contributed by atoms with E-state index in [-0.39, 0.29) is 11.6 Å². The lowest BCUT2D eigenvalue weighted by Gasteiger charge is -2.27. The van der Waals surface area contributed by atoms with Crippen LogP contribution in [0, 0.1) is 17.7 Å². The lowest BCUT2D eigenvalue weighted by molar-refractivity contribution is 0.0321. The average Bonchev–Trinajstić information content (AvgIpc) is 3.11. The second-order valence-corrected chi connectivity index (χ2v) is 8.25. The quantitative estimate of drug-likeness (QED) is 0.756. The van der Waals surface area contributed by atoms with E-state index in [1.54, 1.807) is 36.4 Å². The van der Waals surface area contributed by atoms with Gasteiger partial charge in [0, 0.05) is 26.1 Å². The SMILES string of the molecule is Oc1ccc([C@@H](O)CN2C[C@@H]3CC(O)(Cc4ccccc4F)C[C@H]3C2)cc1. The van der Waals surface area contributed by atoms with Crippen molar-refractivity contribution in [3.05, 3.63) is 65.5 Å². The van der Waals surface area contributed by atoms with E-state index >= 15 is 0 Å². The summed E-state index contributed by atoms with van der Waals surface area (Å²) in [7, 11) is 0. The zero-order valence-electron chi connectivity index (χ0n) is 15.3. The van der Waals surface area contributed by atoms with Gasteiger partial charge in [0.1, 0.15) is 11.6 Å². The van der Waals surface area contributed by atoms with Gasteiger partial charge in [-0.25, -0.2) is 4.39 Å². The van der Waals surface area contributed by atoms with Crippen LogP contribution in [0.15, 0.2) is 48.5 Å². The first-order valence-corrected chi connectivity index (χ1v) is 9.57. The highest BCUT2D eigenvalue weighted by molar-refractivity contribution is 5.27. The van der Waals surface area contributed by atoms with E-state index in [1.165, 1.54) is 6.07 Å². The number of halogens is 1. The van der Waals surface area contributed by atoms with Gasteiger partial charge in [0.15, 0.2) is 0 Å². The molecule has 0 aromatic heterocycles. The van der Waals surface area contributed by atoms with Crippen LogP contribution in [0.3, 0.4) is 0 Å². The summed E-state index contributed by atoms with van der Waals surface area (Å²) in [5.74, 6) is 0.708. The summed E-state index contributed by atoms with van der Waals surface area (Å²) in [4.78, 5) is 2.25. The fourth-order valence-corrected chi connectivity index (χ4v) is 4.89. The molecular weight excluding hydrogens is 345 g/mol. The third-order valence-electron chi connectivity index (χ3n) is 6.12. The number of β-amino-alcohol motifs (C(OH)–C–C–N with tert-alkyl or cyclic N) is 1. The molecule has 1 heterocycles. The molecule has 2 fully saturated rings. The third-order valence-corrected chi connectivity index (χ3v) is 6.12. The molecule has 3 atom stereocenters. The van der Waals surface area contributed by atoms with Crippen LogP contribution in [0.4, 0.5) is 4.39 Å². The minimum absolute atomic E-state index is 0.191. The average molecular weight is 371 g/mol. The Morgan fingerprint density at radius 2 is 1.67 bits per heavy atom. The molecular formula is C22H26FNO3. The fourth-order valence-electron chi connectivity index (χ4n) is 4.89. The van der Waals surface area contributed by atoms with Gasteiger partial charge in [0.2, 0.25) is 0 Å². The van der Waals surface area contributed by atoms with Gasteiger partial charge >= 0.3 is 0 Å². The Labute approximate surface area is 158 Å². The molecule has 4 rings (SSSR count). The van der Waals surface area contributed by atoms with Crippen molar-refractivity contribution in [1.82, 2.24) is 4.90 Å². The number of aromatic hydroxyl groups is 1. The van der Waals surface area contributed by atoms with Crippen molar-refractivity contribution in [2.24, 2.45) is 11.8 Å². The fraction of sp³-hybridized carbons (Fsp3) is 0.455. The topological polar surface area (TPSA) is 63.9 Å². The standard InChI is InChI=1S/C22H26FNO3/c23-20-4-2-1-3-16(20)9-22(27)10-17-12-24(13-18(17)11-22)14-21(26)15-5-7-19(25)8-6-15/h1-8,17-18,21,25-27H,9-14H2/t17-,18-,21-/m0/s1. The molecule has 0 unspecified atom stereocenters. The number of benzene rings is 2. The van der Waals surface area contributed by atoms with Gasteiger partial charge < -0.3 is 15.3 Å². The van der Waals surface area contributed by atoms with E-state index < -0.39 is 11.7 Å². The molecule has 5 heteroatoms. The minimum atomic E-state index is -0.834. The minimum Gasteiger partial charge on any atom is -0.508 e. The number of hydrogen-bond donors (Lipinski definition) is 3. The van der Waals surface area contributed by atoms with E-state index in [2.05, 4.69) is 4.90 Å². The van der Waals surface area contributed by atoms with Crippen molar-refractivity contribution in [2.45, 2.75) is 31.0 Å². The van der Waals surface area contributed by atoms with Crippen LogP contribution in [-0.2, 0) is 6.42 Å². The number of fused-ring (bicyclic) bond motifs is 1. The molecule has 4 nitrogen and oxygen atoms in total. The van der Waals surface area contributed by atoms with Crippen LogP contribution in [0.1, 0.15) is 30.1 Å². The highest BCUT2D eigenvalue weighted by Gasteiger charge is 2.48. The first-order valence-electron chi connectivity index (χ1n) is 9.57. The molecule has 1 aliphatic carbocycles. The predicted molar refractivity (Wildman–Crippen MR) is 101 cm³/mol. The van der Waals surface area contributed by atoms with Gasteiger partial charge in [-0.05, 0) is 54.0 Å². The van der Waals surface area contributed by atoms with Gasteiger partial charge in [-0.15, -0.1) is 0 Å². The number of phenolic OH excluding ortho intramolecular Hbond substituents is 1. The smallest absolute Gasteiger partial charge is 0.126 e. The Bertz CT molecular complexity index is 780. The van der Waals surface area contributed by atoms with Crippen molar-refractivity contribution in [3.8, 4) is 5.75 Å². The summed E-state index contributed by atoms with van der Waals surface area (Å²) in [6, 6.07) is 13.3. The van der Waals surface area contributed by atoms with E-state index in [1.807, 2.05) is 6.07 Å². The zero-order valence-corrected chi connectivity index (χ0v) is 15.3. The van der Waals surface area contributed by atoms with E-state index in [4.69, 9.17) is 0 Å². The highest BCUT2D eigenvalue weighted by Crippen LogP contribution is 2.45. The number of aliphatic hydroxyl groups excluding tert-OH is 1. The number of hydrogen-bond acceptors (Lipinski definition) is 4. The van der Waals surface area contributed by atoms with Gasteiger partial charge in [-0.1, -0.05) is 30.3 Å². The second-order valence-electron chi connectivity index (χ2n) is 8.25. The maximum Gasteiger partial charge on any atom is 0.126 e. The summed E-state index contributed by atoms with van der Waals surface area (Å²) in [5, 5.41) is 30.8. The predicted octanol–water partition coefficient (Wildman–Crippen LogP) is 2.88. The molecule has 0 bridgehead atoms. The Hall–Kier alpha value is -1.95. The summed E-state index contributed by atoms with van der Waals surface area (Å²) in [6.07, 6.45) is 1.13. The molecule has 27 heavy (non-hydrogen) atoms. The van der Waals surface area contributed by atoms with Gasteiger partial charge in [-0.3, -0.25) is 4.90 Å². The summed E-state index contributed by atoms with van der Waals surface area (Å²) in [5.41, 5.74) is 0.541. The number of aliphatic hydroxyl groups is 2. The normalized spacial score (nSPS) is 25.4. The van der Waals surface area contributed by atoms with Gasteiger partial charge in [-0.2, -0.15) is 0 Å². The lowest BCUT2D eigenvalue weighted by atomic mass is 9.91. The van der Waals surface area contributed by atoms with Crippen LogP contribution in [-0.4, -0.2) is 45.5 Å². The Kier molecular flexibility index (Phi) is 4.93. The van der Waals surface area contributed by atoms with Crippen molar-refractivity contribution >= 4 is 0 Å². The van der Waals surface area contributed by atoms with Gasteiger partial charge in [0.25, 0.3) is 0 Å². The van der Waals surface area contributed by atoms with Crippen LogP contribution < -0.4 is 0 Å². The van der Waals surface area contributed by atoms with Crippen LogP contribution in [0.2, 0.25) is 0 Å². The van der Waals surface area contributed by atoms with Crippen molar-refractivity contribution in [1.29, 1.82) is 0 Å². The maximum atomic E-state index is 13.9. The first kappa shape index (κ1) is 18.4. The zero-order chi connectivity index (χ0) is 19.0. The Balaban J connectivity index is 1.34. The highest BCUT2D eigenvalue weighted by atomic mass is 19.1. The van der Waals surface area contributed by atoms with Crippen LogP contribution in [0.25, 0.3) is 0 Å². The third kappa shape index (κ3) is 4.00. The number of nitrogens with zero attached hydrogens (tertiary/aromatic N) is 1. The van der Waals surface area contributed by atoms with E-state index in [9.17, 15) is 19.7 Å². The monoisotopic (exact) mass is 371 g/mol. The molecule has 1 saturated heterocycles.